The van der Waals surface area contributed by atoms with Gasteiger partial charge in [-0.05, 0) is 38.4 Å². The molecule has 1 N–H and O–H groups in total. The molecule has 2 rings (SSSR count). The molecule has 1 saturated carbocycles. The van der Waals surface area contributed by atoms with E-state index in [-0.39, 0.29) is 11.8 Å². The van der Waals surface area contributed by atoms with E-state index in [0.29, 0.717) is 18.2 Å². The lowest BCUT2D eigenvalue weighted by atomic mass is 10.2. The Morgan fingerprint density at radius 2 is 2.12 bits per heavy atom. The van der Waals surface area contributed by atoms with Crippen LogP contribution in [-0.2, 0) is 9.84 Å². The molecule has 1 saturated heterocycles. The number of nitrogens with zero attached hydrogens (tertiary/aromatic N) is 1. The van der Waals surface area contributed by atoms with Crippen LogP contribution in [0.25, 0.3) is 0 Å². The lowest BCUT2D eigenvalue weighted by molar-refractivity contribution is 0.345. The first-order valence-corrected chi connectivity index (χ1v) is 8.02. The van der Waals surface area contributed by atoms with Crippen LogP contribution in [0.3, 0.4) is 0 Å². The molecule has 2 aliphatic rings. The van der Waals surface area contributed by atoms with Crippen molar-refractivity contribution < 1.29 is 8.42 Å². The molecule has 0 unspecified atom stereocenters. The van der Waals surface area contributed by atoms with E-state index in [9.17, 15) is 8.42 Å². The Morgan fingerprint density at radius 1 is 1.44 bits per heavy atom. The fourth-order valence-corrected chi connectivity index (χ4v) is 4.25. The molecule has 1 heterocycles. The first-order valence-electron chi connectivity index (χ1n) is 5.79. The van der Waals surface area contributed by atoms with Crippen molar-refractivity contribution in [3.05, 3.63) is 0 Å². The summed E-state index contributed by atoms with van der Waals surface area (Å²) < 4.78 is 22.9. The van der Waals surface area contributed by atoms with Gasteiger partial charge in [0.1, 0.15) is 0 Å². The van der Waals surface area contributed by atoms with Crippen molar-refractivity contribution in [1.82, 2.24) is 10.2 Å². The number of sulfone groups is 1. The van der Waals surface area contributed by atoms with Crippen LogP contribution in [0.4, 0.5) is 0 Å². The van der Waals surface area contributed by atoms with Crippen molar-refractivity contribution in [2.75, 3.05) is 18.1 Å². The summed E-state index contributed by atoms with van der Waals surface area (Å²) in [5.41, 5.74) is 0. The van der Waals surface area contributed by atoms with Crippen LogP contribution >= 0.6 is 12.2 Å². The van der Waals surface area contributed by atoms with E-state index in [1.54, 1.807) is 0 Å². The van der Waals surface area contributed by atoms with Gasteiger partial charge in [0.05, 0.1) is 11.5 Å². The maximum Gasteiger partial charge on any atom is 0.169 e. The second kappa shape index (κ2) is 4.49. The van der Waals surface area contributed by atoms with Gasteiger partial charge in [-0.3, -0.25) is 0 Å². The van der Waals surface area contributed by atoms with E-state index in [2.05, 4.69) is 5.32 Å². The van der Waals surface area contributed by atoms with Crippen LogP contribution in [0.5, 0.6) is 0 Å². The molecule has 4 nitrogen and oxygen atoms in total. The SMILES string of the molecule is CCN(C(=S)NC1CC1)[C@@H]1CCS(=O)(=O)C1. The lowest BCUT2D eigenvalue weighted by Crippen LogP contribution is -2.47. The van der Waals surface area contributed by atoms with Crippen LogP contribution in [0, 0.1) is 0 Å². The molecule has 0 radical (unpaired) electrons. The average molecular weight is 262 g/mol. The van der Waals surface area contributed by atoms with Crippen molar-refractivity contribution in [3.63, 3.8) is 0 Å². The smallest absolute Gasteiger partial charge is 0.169 e. The van der Waals surface area contributed by atoms with Gasteiger partial charge in [0.2, 0.25) is 0 Å². The third-order valence-electron chi connectivity index (χ3n) is 3.16. The third-order valence-corrected chi connectivity index (χ3v) is 5.26. The highest BCUT2D eigenvalue weighted by Crippen LogP contribution is 2.21. The molecule has 0 bridgehead atoms. The summed E-state index contributed by atoms with van der Waals surface area (Å²) in [7, 11) is -2.83. The van der Waals surface area contributed by atoms with Gasteiger partial charge in [-0.25, -0.2) is 8.42 Å². The first-order chi connectivity index (χ1) is 7.52. The van der Waals surface area contributed by atoms with Crippen molar-refractivity contribution in [2.45, 2.75) is 38.3 Å². The van der Waals surface area contributed by atoms with E-state index in [1.165, 1.54) is 12.8 Å². The molecule has 0 aromatic rings. The quantitative estimate of drug-likeness (QED) is 0.752. The molecule has 2 fully saturated rings. The van der Waals surface area contributed by atoms with Gasteiger partial charge in [0.15, 0.2) is 14.9 Å². The Hall–Kier alpha value is -0.360. The van der Waals surface area contributed by atoms with E-state index >= 15 is 0 Å². The van der Waals surface area contributed by atoms with Crippen LogP contribution < -0.4 is 5.32 Å². The topological polar surface area (TPSA) is 49.4 Å². The van der Waals surface area contributed by atoms with E-state index in [0.717, 1.165) is 11.7 Å². The molecule has 1 atom stereocenters. The zero-order valence-electron chi connectivity index (χ0n) is 9.48. The fourth-order valence-electron chi connectivity index (χ4n) is 2.07. The largest absolute Gasteiger partial charge is 0.360 e. The third kappa shape index (κ3) is 2.85. The lowest BCUT2D eigenvalue weighted by Gasteiger charge is -2.29. The van der Waals surface area contributed by atoms with Crippen LogP contribution in [-0.4, -0.2) is 48.6 Å². The number of hydrogen-bond acceptors (Lipinski definition) is 3. The summed E-state index contributed by atoms with van der Waals surface area (Å²) in [5.74, 6) is 0.563. The highest BCUT2D eigenvalue weighted by molar-refractivity contribution is 7.91. The van der Waals surface area contributed by atoms with Crippen LogP contribution in [0.1, 0.15) is 26.2 Å². The minimum Gasteiger partial charge on any atom is -0.360 e. The zero-order valence-corrected chi connectivity index (χ0v) is 11.1. The molecule has 16 heavy (non-hydrogen) atoms. The van der Waals surface area contributed by atoms with E-state index < -0.39 is 9.84 Å². The monoisotopic (exact) mass is 262 g/mol. The predicted molar refractivity (Wildman–Crippen MR) is 68.2 cm³/mol. The van der Waals surface area contributed by atoms with Gasteiger partial charge in [-0.1, -0.05) is 0 Å². The summed E-state index contributed by atoms with van der Waals surface area (Å²) in [6.07, 6.45) is 3.07. The molecule has 0 amide bonds. The second-order valence-corrected chi connectivity index (χ2v) is 7.18. The van der Waals surface area contributed by atoms with Crippen molar-refractivity contribution in [3.8, 4) is 0 Å². The summed E-state index contributed by atoms with van der Waals surface area (Å²) in [5, 5.41) is 4.00. The number of hydrogen-bond donors (Lipinski definition) is 1. The maximum absolute atomic E-state index is 11.4. The Labute approximate surface area is 102 Å². The summed E-state index contributed by atoms with van der Waals surface area (Å²) in [4.78, 5) is 2.03. The summed E-state index contributed by atoms with van der Waals surface area (Å²) in [6, 6.07) is 0.605. The Bertz CT molecular complexity index is 376. The first kappa shape index (κ1) is 12.1. The normalized spacial score (nSPS) is 27.7. The summed E-state index contributed by atoms with van der Waals surface area (Å²) >= 11 is 5.32. The van der Waals surface area contributed by atoms with Gasteiger partial charge >= 0.3 is 0 Å². The molecule has 6 heteroatoms. The average Bonchev–Trinajstić information content (AvgIpc) is 2.92. The van der Waals surface area contributed by atoms with Gasteiger partial charge < -0.3 is 10.2 Å². The van der Waals surface area contributed by atoms with Gasteiger partial charge in [0.25, 0.3) is 0 Å². The molecule has 1 aliphatic carbocycles. The second-order valence-electron chi connectivity index (χ2n) is 4.57. The van der Waals surface area contributed by atoms with Crippen LogP contribution in [0.15, 0.2) is 0 Å². The minimum absolute atomic E-state index is 0.0775. The highest BCUT2D eigenvalue weighted by Gasteiger charge is 2.34. The maximum atomic E-state index is 11.4. The highest BCUT2D eigenvalue weighted by atomic mass is 32.2. The molecule has 0 spiro atoms. The molecule has 0 aromatic carbocycles. The van der Waals surface area contributed by atoms with Crippen LogP contribution in [0.2, 0.25) is 0 Å². The molecular formula is C10H18N2O2S2. The number of thiocarbonyl (C=S) groups is 1. The molecule has 0 aromatic heterocycles. The van der Waals surface area contributed by atoms with Crippen molar-refractivity contribution >= 4 is 27.2 Å². The standard InChI is InChI=1S/C10H18N2O2S2/c1-2-12(10(15)11-8-3-4-8)9-5-6-16(13,14)7-9/h8-9H,2-7H2,1H3,(H,11,15)/t9-/m1/s1. The van der Waals surface area contributed by atoms with Gasteiger partial charge in [-0.15, -0.1) is 0 Å². The van der Waals surface area contributed by atoms with Gasteiger partial charge in [-0.2, -0.15) is 0 Å². The van der Waals surface area contributed by atoms with Crippen molar-refractivity contribution in [1.29, 1.82) is 0 Å². The predicted octanol–water partition coefficient (Wildman–Crippen LogP) is 0.532. The Morgan fingerprint density at radius 3 is 2.56 bits per heavy atom. The summed E-state index contributed by atoms with van der Waals surface area (Å²) in [6.45, 7) is 2.80. The fraction of sp³-hybridized carbons (Fsp3) is 0.900. The Balaban J connectivity index is 1.96. The molecule has 92 valence electrons. The molecule has 1 aliphatic heterocycles. The van der Waals surface area contributed by atoms with Gasteiger partial charge in [0, 0.05) is 18.6 Å². The van der Waals surface area contributed by atoms with Crippen molar-refractivity contribution in [2.24, 2.45) is 0 Å². The minimum atomic E-state index is -2.83. The molecular weight excluding hydrogens is 244 g/mol. The number of nitrogens with one attached hydrogen (secondary N) is 1. The van der Waals surface area contributed by atoms with E-state index in [4.69, 9.17) is 12.2 Å². The number of rotatable bonds is 3. The van der Waals surface area contributed by atoms with E-state index in [1.807, 2.05) is 11.8 Å². The zero-order chi connectivity index (χ0) is 11.8. The Kier molecular flexibility index (Phi) is 3.39.